The van der Waals surface area contributed by atoms with Crippen LogP contribution in [0.4, 0.5) is 17.6 Å². The maximum Gasteiger partial charge on any atom is 0.464 e. The average molecular weight is 286 g/mol. The van der Waals surface area contributed by atoms with Crippen LogP contribution in [-0.4, -0.2) is 10.0 Å². The van der Waals surface area contributed by atoms with E-state index in [0.717, 1.165) is 0 Å². The second-order valence-electron chi connectivity index (χ2n) is 1.36. The first-order valence-electron chi connectivity index (χ1n) is 2.21. The number of alkyl halides is 5. The van der Waals surface area contributed by atoms with Gasteiger partial charge < -0.3 is 4.89 Å². The molecule has 0 aromatic rings. The van der Waals surface area contributed by atoms with E-state index in [0.29, 0.717) is 6.26 Å². The minimum Gasteiger partial charge on any atom is -0.340 e. The topological polar surface area (TPSA) is 18.5 Å². The van der Waals surface area contributed by atoms with Crippen molar-refractivity contribution < 1.29 is 27.3 Å². The predicted molar refractivity (Wildman–Crippen MR) is 36.3 cm³/mol. The molecule has 66 valence electrons. The van der Waals surface area contributed by atoms with Crippen LogP contribution in [-0.2, 0) is 9.78 Å². The Labute approximate surface area is 73.2 Å². The number of hydrogen-bond acceptors (Lipinski definition) is 2. The fraction of sp³-hybridized carbons (Fsp3) is 0.500. The molecule has 0 aliphatic rings. The van der Waals surface area contributed by atoms with Gasteiger partial charge in [-0.25, -0.2) is 0 Å². The van der Waals surface area contributed by atoms with Gasteiger partial charge in [0.15, 0.2) is 0 Å². The standard InChI is InChI=1S/C4H3F4IO2/c1-2-10-11-4(7,8)3(5,6)9/h2H,1H2. The van der Waals surface area contributed by atoms with Gasteiger partial charge in [-0.1, -0.05) is 6.58 Å². The molecular weight excluding hydrogens is 283 g/mol. The van der Waals surface area contributed by atoms with Gasteiger partial charge in [0.05, 0.1) is 0 Å². The average Bonchev–Trinajstić information content (AvgIpc) is 1.81. The summed E-state index contributed by atoms with van der Waals surface area (Å²) in [6.07, 6.45) is -4.18. The Morgan fingerprint density at radius 1 is 1.27 bits per heavy atom. The molecule has 2 nitrogen and oxygen atoms in total. The number of rotatable bonds is 4. The first kappa shape index (κ1) is 11.0. The van der Waals surface area contributed by atoms with E-state index in [2.05, 4.69) is 16.4 Å². The van der Waals surface area contributed by atoms with Gasteiger partial charge in [0, 0.05) is 22.6 Å². The van der Waals surface area contributed by atoms with Crippen molar-refractivity contribution >= 4 is 22.6 Å². The fourth-order valence-electron chi connectivity index (χ4n) is 0.142. The van der Waals surface area contributed by atoms with Crippen molar-refractivity contribution in [3.05, 3.63) is 12.8 Å². The molecule has 0 aliphatic heterocycles. The van der Waals surface area contributed by atoms with Crippen molar-refractivity contribution in [2.75, 3.05) is 0 Å². The Morgan fingerprint density at radius 2 is 1.73 bits per heavy atom. The zero-order chi connectivity index (χ0) is 9.12. The SMILES string of the molecule is C=COOC(F)(F)C(F)(F)I. The van der Waals surface area contributed by atoms with Crippen molar-refractivity contribution in [2.45, 2.75) is 10.0 Å². The van der Waals surface area contributed by atoms with E-state index in [1.165, 1.54) is 0 Å². The van der Waals surface area contributed by atoms with Crippen LogP contribution in [0.2, 0.25) is 0 Å². The van der Waals surface area contributed by atoms with E-state index < -0.39 is 10.0 Å². The van der Waals surface area contributed by atoms with Crippen LogP contribution < -0.4 is 0 Å². The molecule has 0 aromatic carbocycles. The van der Waals surface area contributed by atoms with E-state index in [1.54, 1.807) is 0 Å². The van der Waals surface area contributed by atoms with Crippen LogP contribution in [0.15, 0.2) is 12.8 Å². The van der Waals surface area contributed by atoms with Crippen LogP contribution in [0.1, 0.15) is 0 Å². The molecule has 0 aromatic heterocycles. The first-order chi connectivity index (χ1) is 4.81. The summed E-state index contributed by atoms with van der Waals surface area (Å²) in [6, 6.07) is 0. The van der Waals surface area contributed by atoms with Gasteiger partial charge >= 0.3 is 10.0 Å². The molecule has 0 N–H and O–H groups in total. The van der Waals surface area contributed by atoms with E-state index in [9.17, 15) is 17.6 Å². The molecule has 0 fully saturated rings. The van der Waals surface area contributed by atoms with Crippen LogP contribution in [0.5, 0.6) is 0 Å². The third-order valence-electron chi connectivity index (χ3n) is 0.551. The maximum absolute atomic E-state index is 12.0. The van der Waals surface area contributed by atoms with E-state index in [4.69, 9.17) is 0 Å². The molecule has 0 saturated heterocycles. The minimum atomic E-state index is -4.65. The van der Waals surface area contributed by atoms with Crippen molar-refractivity contribution in [3.8, 4) is 0 Å². The van der Waals surface area contributed by atoms with Crippen molar-refractivity contribution in [1.82, 2.24) is 0 Å². The molecule has 0 radical (unpaired) electrons. The number of halogens is 5. The van der Waals surface area contributed by atoms with Crippen molar-refractivity contribution in [3.63, 3.8) is 0 Å². The van der Waals surface area contributed by atoms with Crippen molar-refractivity contribution in [2.24, 2.45) is 0 Å². The Kier molecular flexibility index (Phi) is 3.55. The lowest BCUT2D eigenvalue weighted by atomic mass is 10.7. The Hall–Kier alpha value is -0.0500. The summed E-state index contributed by atoms with van der Waals surface area (Å²) in [5.41, 5.74) is 0. The van der Waals surface area contributed by atoms with Gasteiger partial charge in [0.2, 0.25) is 0 Å². The highest BCUT2D eigenvalue weighted by Gasteiger charge is 2.58. The Balaban J connectivity index is 4.10. The largest absolute Gasteiger partial charge is 0.464 e. The molecule has 0 saturated carbocycles. The summed E-state index contributed by atoms with van der Waals surface area (Å²) in [7, 11) is 0. The smallest absolute Gasteiger partial charge is 0.340 e. The fourth-order valence-corrected chi connectivity index (χ4v) is 0.232. The van der Waals surface area contributed by atoms with Crippen LogP contribution in [0, 0.1) is 0 Å². The van der Waals surface area contributed by atoms with Gasteiger partial charge in [-0.2, -0.15) is 17.6 Å². The third kappa shape index (κ3) is 3.23. The Morgan fingerprint density at radius 3 is 2.00 bits per heavy atom. The van der Waals surface area contributed by atoms with Crippen LogP contribution in [0.25, 0.3) is 0 Å². The summed E-state index contributed by atoms with van der Waals surface area (Å²) in [5.74, 6) is 0. The lowest BCUT2D eigenvalue weighted by molar-refractivity contribution is -0.446. The Bertz CT molecular complexity index is 144. The summed E-state index contributed by atoms with van der Waals surface area (Å²) in [4.78, 5) is 6.49. The van der Waals surface area contributed by atoms with Crippen LogP contribution in [0.3, 0.4) is 0 Å². The van der Waals surface area contributed by atoms with Gasteiger partial charge in [-0.05, 0) is 0 Å². The summed E-state index contributed by atoms with van der Waals surface area (Å²) in [5, 5.41) is 0. The molecule has 0 aliphatic carbocycles. The van der Waals surface area contributed by atoms with E-state index in [-0.39, 0.29) is 22.6 Å². The van der Waals surface area contributed by atoms with Crippen LogP contribution >= 0.6 is 22.6 Å². The molecule has 7 heteroatoms. The highest BCUT2D eigenvalue weighted by molar-refractivity contribution is 14.1. The first-order valence-corrected chi connectivity index (χ1v) is 3.29. The second-order valence-corrected chi connectivity index (χ2v) is 2.72. The summed E-state index contributed by atoms with van der Waals surface area (Å²) in [6.45, 7) is 2.82. The predicted octanol–water partition coefficient (Wildman–Crippen LogP) is 2.70. The van der Waals surface area contributed by atoms with Gasteiger partial charge in [0.25, 0.3) is 0 Å². The molecule has 0 unspecified atom stereocenters. The second kappa shape index (κ2) is 3.57. The molecule has 0 atom stereocenters. The highest BCUT2D eigenvalue weighted by Crippen LogP contribution is 2.40. The molecule has 0 rings (SSSR count). The molecule has 0 spiro atoms. The molecule has 0 bridgehead atoms. The lowest BCUT2D eigenvalue weighted by Crippen LogP contribution is -2.37. The normalized spacial score (nSPS) is 12.8. The quantitative estimate of drug-likeness (QED) is 0.197. The molecular formula is C4H3F4IO2. The maximum atomic E-state index is 12.0. The summed E-state index contributed by atoms with van der Waals surface area (Å²) >= 11 is 0.236. The molecule has 0 heterocycles. The zero-order valence-electron chi connectivity index (χ0n) is 4.99. The van der Waals surface area contributed by atoms with Gasteiger partial charge in [-0.3, -0.25) is 0 Å². The highest BCUT2D eigenvalue weighted by atomic mass is 127. The summed E-state index contributed by atoms with van der Waals surface area (Å²) < 4.78 is 43.3. The van der Waals surface area contributed by atoms with E-state index >= 15 is 0 Å². The monoisotopic (exact) mass is 286 g/mol. The van der Waals surface area contributed by atoms with Crippen molar-refractivity contribution in [1.29, 1.82) is 0 Å². The molecule has 0 amide bonds. The van der Waals surface area contributed by atoms with Gasteiger partial charge in [0.1, 0.15) is 6.26 Å². The minimum absolute atomic E-state index is 0.236. The van der Waals surface area contributed by atoms with E-state index in [1.807, 2.05) is 0 Å². The van der Waals surface area contributed by atoms with Gasteiger partial charge in [-0.15, -0.1) is 4.89 Å². The number of hydrogen-bond donors (Lipinski definition) is 0. The lowest BCUT2D eigenvalue weighted by Gasteiger charge is -2.18. The third-order valence-corrected chi connectivity index (χ3v) is 1.18. The zero-order valence-corrected chi connectivity index (χ0v) is 7.15. The molecule has 11 heavy (non-hydrogen) atoms.